The molecule has 1 aromatic rings. The number of fused-ring (bicyclic) bond motifs is 1. The molecule has 0 aliphatic carbocycles. The standard InChI is InChI=1S/C11H12F3NO3/c12-11(13,14)18-4-3-16-7-1-2-8-9(15)6-17-10(8)5-7/h1-2,5,9H,3-4,6,15H2. The summed E-state index contributed by atoms with van der Waals surface area (Å²) >= 11 is 0. The van der Waals surface area contributed by atoms with Crippen LogP contribution in [0.25, 0.3) is 0 Å². The maximum Gasteiger partial charge on any atom is 0.522 e. The third-order valence-corrected chi connectivity index (χ3v) is 2.42. The van der Waals surface area contributed by atoms with Crippen LogP contribution in [0.1, 0.15) is 11.6 Å². The van der Waals surface area contributed by atoms with Crippen LogP contribution in [0.4, 0.5) is 13.2 Å². The molecule has 1 atom stereocenters. The highest BCUT2D eigenvalue weighted by Gasteiger charge is 2.28. The van der Waals surface area contributed by atoms with E-state index in [4.69, 9.17) is 15.2 Å². The summed E-state index contributed by atoms with van der Waals surface area (Å²) in [5, 5.41) is 0. The van der Waals surface area contributed by atoms with Crippen LogP contribution in [0.5, 0.6) is 11.5 Å². The van der Waals surface area contributed by atoms with Crippen molar-refractivity contribution in [2.45, 2.75) is 12.4 Å². The van der Waals surface area contributed by atoms with E-state index in [0.717, 1.165) is 5.56 Å². The lowest BCUT2D eigenvalue weighted by molar-refractivity contribution is -0.325. The smallest absolute Gasteiger partial charge is 0.491 e. The Labute approximate surface area is 101 Å². The van der Waals surface area contributed by atoms with Crippen molar-refractivity contribution in [1.29, 1.82) is 0 Å². The summed E-state index contributed by atoms with van der Waals surface area (Å²) in [6.45, 7) is -0.346. The van der Waals surface area contributed by atoms with Gasteiger partial charge in [-0.25, -0.2) is 0 Å². The van der Waals surface area contributed by atoms with Gasteiger partial charge >= 0.3 is 6.36 Å². The molecule has 0 saturated carbocycles. The van der Waals surface area contributed by atoms with E-state index < -0.39 is 13.0 Å². The van der Waals surface area contributed by atoms with Gasteiger partial charge in [-0.05, 0) is 12.1 Å². The number of ether oxygens (including phenoxy) is 3. The van der Waals surface area contributed by atoms with E-state index in [-0.39, 0.29) is 12.6 Å². The minimum Gasteiger partial charge on any atom is -0.491 e. The molecule has 4 nitrogen and oxygen atoms in total. The average Bonchev–Trinajstić information content (AvgIpc) is 2.65. The molecule has 0 fully saturated rings. The van der Waals surface area contributed by atoms with Crippen LogP contribution >= 0.6 is 0 Å². The molecule has 0 bridgehead atoms. The van der Waals surface area contributed by atoms with Crippen LogP contribution < -0.4 is 15.2 Å². The van der Waals surface area contributed by atoms with E-state index in [9.17, 15) is 13.2 Å². The molecule has 0 saturated heterocycles. The molecule has 0 amide bonds. The first-order valence-electron chi connectivity index (χ1n) is 5.31. The van der Waals surface area contributed by atoms with Crippen LogP contribution in [-0.4, -0.2) is 26.2 Å². The Bertz CT molecular complexity index is 422. The van der Waals surface area contributed by atoms with Gasteiger partial charge in [-0.1, -0.05) is 0 Å². The SMILES string of the molecule is NC1COc2cc(OCCOC(F)(F)F)ccc21. The molecule has 1 aromatic carbocycles. The van der Waals surface area contributed by atoms with Gasteiger partial charge in [-0.2, -0.15) is 0 Å². The molecule has 7 heteroatoms. The highest BCUT2D eigenvalue weighted by Crippen LogP contribution is 2.33. The van der Waals surface area contributed by atoms with Crippen molar-refractivity contribution in [3.05, 3.63) is 23.8 Å². The fourth-order valence-electron chi connectivity index (χ4n) is 1.62. The summed E-state index contributed by atoms with van der Waals surface area (Å²) in [4.78, 5) is 0. The van der Waals surface area contributed by atoms with Crippen molar-refractivity contribution in [1.82, 2.24) is 0 Å². The molecule has 1 unspecified atom stereocenters. The number of halogens is 3. The van der Waals surface area contributed by atoms with Crippen LogP contribution in [0, 0.1) is 0 Å². The van der Waals surface area contributed by atoms with Crippen LogP contribution in [-0.2, 0) is 4.74 Å². The quantitative estimate of drug-likeness (QED) is 0.844. The molecular formula is C11H12F3NO3. The second-order valence-corrected chi connectivity index (χ2v) is 3.76. The number of rotatable bonds is 4. The van der Waals surface area contributed by atoms with Gasteiger partial charge in [0.05, 0.1) is 12.6 Å². The highest BCUT2D eigenvalue weighted by atomic mass is 19.4. The Hall–Kier alpha value is -1.47. The number of benzene rings is 1. The lowest BCUT2D eigenvalue weighted by Gasteiger charge is -2.09. The molecule has 0 spiro atoms. The summed E-state index contributed by atoms with van der Waals surface area (Å²) in [6.07, 6.45) is -4.63. The van der Waals surface area contributed by atoms with Crippen molar-refractivity contribution >= 4 is 0 Å². The predicted octanol–water partition coefficient (Wildman–Crippen LogP) is 1.99. The van der Waals surface area contributed by atoms with E-state index in [1.54, 1.807) is 18.2 Å². The topological polar surface area (TPSA) is 53.7 Å². The Balaban J connectivity index is 1.84. The average molecular weight is 263 g/mol. The Morgan fingerprint density at radius 3 is 2.83 bits per heavy atom. The van der Waals surface area contributed by atoms with Crippen molar-refractivity contribution in [2.24, 2.45) is 5.73 Å². The summed E-state index contributed by atoms with van der Waals surface area (Å²) in [7, 11) is 0. The molecule has 1 heterocycles. The number of alkyl halides is 3. The van der Waals surface area contributed by atoms with Crippen molar-refractivity contribution < 1.29 is 27.4 Å². The van der Waals surface area contributed by atoms with Gasteiger partial charge in [0, 0.05) is 11.6 Å². The van der Waals surface area contributed by atoms with Gasteiger partial charge in [0.1, 0.15) is 24.7 Å². The fourth-order valence-corrected chi connectivity index (χ4v) is 1.62. The lowest BCUT2D eigenvalue weighted by atomic mass is 10.1. The summed E-state index contributed by atoms with van der Waals surface area (Å²) < 4.78 is 49.1. The third kappa shape index (κ3) is 3.27. The van der Waals surface area contributed by atoms with E-state index >= 15 is 0 Å². The maximum atomic E-state index is 11.7. The second kappa shape index (κ2) is 5.03. The molecule has 0 aromatic heterocycles. The van der Waals surface area contributed by atoms with Crippen molar-refractivity contribution in [3.8, 4) is 11.5 Å². The minimum absolute atomic E-state index is 0.164. The summed E-state index contributed by atoms with van der Waals surface area (Å²) in [5.41, 5.74) is 6.62. The third-order valence-electron chi connectivity index (χ3n) is 2.42. The molecule has 18 heavy (non-hydrogen) atoms. The zero-order valence-corrected chi connectivity index (χ0v) is 9.37. The molecule has 1 aliphatic rings. The van der Waals surface area contributed by atoms with Gasteiger partial charge in [0.25, 0.3) is 0 Å². The van der Waals surface area contributed by atoms with Gasteiger partial charge in [-0.3, -0.25) is 4.74 Å². The van der Waals surface area contributed by atoms with Crippen LogP contribution in [0.2, 0.25) is 0 Å². The Kier molecular flexibility index (Phi) is 3.63. The second-order valence-electron chi connectivity index (χ2n) is 3.76. The first kappa shape index (κ1) is 13.0. The van der Waals surface area contributed by atoms with Crippen LogP contribution in [0.15, 0.2) is 18.2 Å². The first-order valence-corrected chi connectivity index (χ1v) is 5.31. The normalized spacial score (nSPS) is 18.3. The molecular weight excluding hydrogens is 251 g/mol. The summed E-state index contributed by atoms with van der Waals surface area (Å²) in [6, 6.07) is 4.83. The fraction of sp³-hybridized carbons (Fsp3) is 0.455. The maximum absolute atomic E-state index is 11.7. The highest BCUT2D eigenvalue weighted by molar-refractivity contribution is 5.44. The number of nitrogens with two attached hydrogens (primary N) is 1. The largest absolute Gasteiger partial charge is 0.522 e. The molecule has 2 rings (SSSR count). The molecule has 100 valence electrons. The number of hydrogen-bond donors (Lipinski definition) is 1. The van der Waals surface area contributed by atoms with Gasteiger partial charge in [0.15, 0.2) is 0 Å². The zero-order chi connectivity index (χ0) is 13.2. The minimum atomic E-state index is -4.63. The van der Waals surface area contributed by atoms with Gasteiger partial charge < -0.3 is 15.2 Å². The monoisotopic (exact) mass is 263 g/mol. The van der Waals surface area contributed by atoms with Gasteiger partial charge in [-0.15, -0.1) is 13.2 Å². The lowest BCUT2D eigenvalue weighted by Crippen LogP contribution is -2.18. The van der Waals surface area contributed by atoms with E-state index in [1.807, 2.05) is 0 Å². The first-order chi connectivity index (χ1) is 8.46. The Morgan fingerprint density at radius 1 is 1.33 bits per heavy atom. The van der Waals surface area contributed by atoms with Crippen molar-refractivity contribution in [3.63, 3.8) is 0 Å². The van der Waals surface area contributed by atoms with Crippen molar-refractivity contribution in [2.75, 3.05) is 19.8 Å². The van der Waals surface area contributed by atoms with Gasteiger partial charge in [0.2, 0.25) is 0 Å². The molecule has 0 radical (unpaired) electrons. The molecule has 2 N–H and O–H groups in total. The Morgan fingerprint density at radius 2 is 2.11 bits per heavy atom. The van der Waals surface area contributed by atoms with E-state index in [0.29, 0.717) is 18.1 Å². The summed E-state index contributed by atoms with van der Waals surface area (Å²) in [5.74, 6) is 1.03. The number of hydrogen-bond acceptors (Lipinski definition) is 4. The van der Waals surface area contributed by atoms with Crippen LogP contribution in [0.3, 0.4) is 0 Å². The molecule has 1 aliphatic heterocycles. The zero-order valence-electron chi connectivity index (χ0n) is 9.37. The van der Waals surface area contributed by atoms with E-state index in [2.05, 4.69) is 4.74 Å². The van der Waals surface area contributed by atoms with E-state index in [1.165, 1.54) is 0 Å². The predicted molar refractivity (Wildman–Crippen MR) is 56.4 cm³/mol.